The molecule has 0 aliphatic heterocycles. The number of ether oxygens (including phenoxy) is 3. The van der Waals surface area contributed by atoms with Crippen LogP contribution in [0.3, 0.4) is 0 Å². The van der Waals surface area contributed by atoms with Gasteiger partial charge in [0.1, 0.15) is 17.2 Å². The number of esters is 1. The Bertz CT molecular complexity index is 489. The fourth-order valence-corrected chi connectivity index (χ4v) is 2.55. The molecular weight excluding hydrogens is 355 g/mol. The van der Waals surface area contributed by atoms with Crippen molar-refractivity contribution in [2.24, 2.45) is 0 Å². The van der Waals surface area contributed by atoms with Gasteiger partial charge in [-0.15, -0.1) is 23.2 Å². The summed E-state index contributed by atoms with van der Waals surface area (Å²) in [5.41, 5.74) is 0.801. The lowest BCUT2D eigenvalue weighted by Gasteiger charge is -2.15. The van der Waals surface area contributed by atoms with Gasteiger partial charge in [-0.25, -0.2) is 0 Å². The second-order valence-electron chi connectivity index (χ2n) is 6.38. The van der Waals surface area contributed by atoms with Gasteiger partial charge in [0.25, 0.3) is 0 Å². The number of benzene rings is 1. The molecule has 0 saturated heterocycles. The Hall–Kier alpha value is -0.753. The summed E-state index contributed by atoms with van der Waals surface area (Å²) < 4.78 is 16.0. The summed E-state index contributed by atoms with van der Waals surface area (Å²) in [6.45, 7) is 7.81. The summed E-state index contributed by atoms with van der Waals surface area (Å²) in [6.07, 6.45) is 0.147. The Morgan fingerprint density at radius 2 is 2.00 bits per heavy atom. The van der Waals surface area contributed by atoms with Crippen LogP contribution in [0.5, 0.6) is 5.75 Å². The van der Waals surface area contributed by atoms with E-state index in [1.165, 1.54) is 0 Å². The summed E-state index contributed by atoms with van der Waals surface area (Å²) in [4.78, 5) is 10.9. The molecule has 7 heteroatoms. The Kier molecular flexibility index (Phi) is 8.98. The van der Waals surface area contributed by atoms with E-state index < -0.39 is 12.9 Å². The van der Waals surface area contributed by atoms with E-state index >= 15 is 0 Å². The Balaban J connectivity index is 2.34. The largest absolute Gasteiger partial charge is 0.468 e. The lowest BCUT2D eigenvalue weighted by molar-refractivity contribution is -0.142. The second-order valence-corrected chi connectivity index (χ2v) is 13.3. The van der Waals surface area contributed by atoms with Gasteiger partial charge in [0.05, 0.1) is 6.42 Å². The maximum atomic E-state index is 11.6. The van der Waals surface area contributed by atoms with Gasteiger partial charge in [-0.1, -0.05) is 31.8 Å². The zero-order valence-corrected chi connectivity index (χ0v) is 16.3. The molecule has 0 aliphatic carbocycles. The summed E-state index contributed by atoms with van der Waals surface area (Å²) >= 11 is 11.0. The number of carbonyl (C=O) groups is 1. The van der Waals surface area contributed by atoms with E-state index in [1.807, 2.05) is 18.2 Å². The fraction of sp³-hybridized carbons (Fsp3) is 0.562. The molecule has 4 nitrogen and oxygen atoms in total. The molecule has 0 bridgehead atoms. The van der Waals surface area contributed by atoms with Crippen LogP contribution < -0.4 is 4.74 Å². The quantitative estimate of drug-likeness (QED) is 0.200. The molecule has 0 fully saturated rings. The second kappa shape index (κ2) is 10.2. The number of hydrogen-bond donors (Lipinski definition) is 0. The highest BCUT2D eigenvalue weighted by molar-refractivity contribution is 6.76. The normalized spacial score (nSPS) is 11.6. The molecule has 130 valence electrons. The van der Waals surface area contributed by atoms with Crippen LogP contribution in [-0.4, -0.2) is 38.9 Å². The number of halogens is 2. The van der Waals surface area contributed by atoms with Crippen molar-refractivity contribution in [3.63, 3.8) is 0 Å². The minimum absolute atomic E-state index is 0.0108. The van der Waals surface area contributed by atoms with Crippen LogP contribution in [0.2, 0.25) is 25.7 Å². The van der Waals surface area contributed by atoms with E-state index in [2.05, 4.69) is 19.6 Å². The van der Waals surface area contributed by atoms with E-state index in [9.17, 15) is 4.79 Å². The molecule has 0 aromatic heterocycles. The van der Waals surface area contributed by atoms with Gasteiger partial charge in [0, 0.05) is 14.7 Å². The lowest BCUT2D eigenvalue weighted by atomic mass is 10.1. The molecule has 0 N–H and O–H groups in total. The molecule has 0 unspecified atom stereocenters. The Labute approximate surface area is 149 Å². The first-order chi connectivity index (χ1) is 10.8. The summed E-state index contributed by atoms with van der Waals surface area (Å²) in [5.74, 6) is 0.288. The molecule has 0 amide bonds. The zero-order valence-electron chi connectivity index (χ0n) is 13.8. The lowest BCUT2D eigenvalue weighted by Crippen LogP contribution is -2.22. The van der Waals surface area contributed by atoms with Gasteiger partial charge < -0.3 is 14.2 Å². The molecule has 1 aromatic rings. The van der Waals surface area contributed by atoms with Gasteiger partial charge >= 0.3 is 5.97 Å². The van der Waals surface area contributed by atoms with E-state index in [4.69, 9.17) is 37.4 Å². The van der Waals surface area contributed by atoms with Gasteiger partial charge in [0.15, 0.2) is 6.79 Å². The van der Waals surface area contributed by atoms with Crippen molar-refractivity contribution in [3.8, 4) is 5.75 Å². The SMILES string of the molecule is C[Si](C)(C)CCOCOc1cccc(CC(=O)OCC(Cl)Cl)c1. The topological polar surface area (TPSA) is 44.8 Å². The van der Waals surface area contributed by atoms with Crippen LogP contribution in [-0.2, 0) is 20.7 Å². The van der Waals surface area contributed by atoms with Crippen LogP contribution in [0.1, 0.15) is 5.56 Å². The van der Waals surface area contributed by atoms with Crippen molar-refractivity contribution < 1.29 is 19.0 Å². The van der Waals surface area contributed by atoms with Crippen LogP contribution in [0.25, 0.3) is 0 Å². The first kappa shape index (κ1) is 20.3. The highest BCUT2D eigenvalue weighted by Crippen LogP contribution is 2.15. The number of alkyl halides is 2. The fourth-order valence-electron chi connectivity index (χ4n) is 1.67. The van der Waals surface area contributed by atoms with E-state index in [1.54, 1.807) is 6.07 Å². The monoisotopic (exact) mass is 378 g/mol. The van der Waals surface area contributed by atoms with Gasteiger partial charge in [-0.2, -0.15) is 0 Å². The standard InChI is InChI=1S/C16H24Cl2O4Si/c1-23(2,3)8-7-20-12-22-14-6-4-5-13(9-14)10-16(19)21-11-15(17)18/h4-6,9,15H,7-8,10-12H2,1-3H3. The van der Waals surface area contributed by atoms with Crippen molar-refractivity contribution in [2.45, 2.75) is 36.9 Å². The predicted molar refractivity (Wildman–Crippen MR) is 96.2 cm³/mol. The molecule has 0 radical (unpaired) electrons. The summed E-state index contributed by atoms with van der Waals surface area (Å²) in [7, 11) is -1.08. The number of hydrogen-bond acceptors (Lipinski definition) is 4. The third kappa shape index (κ3) is 10.6. The smallest absolute Gasteiger partial charge is 0.310 e. The van der Waals surface area contributed by atoms with Gasteiger partial charge in [-0.3, -0.25) is 4.79 Å². The van der Waals surface area contributed by atoms with Crippen molar-refractivity contribution in [2.75, 3.05) is 20.0 Å². The summed E-state index contributed by atoms with van der Waals surface area (Å²) in [5, 5.41) is 0. The van der Waals surface area contributed by atoms with Gasteiger partial charge in [-0.05, 0) is 23.7 Å². The average Bonchev–Trinajstić information content (AvgIpc) is 2.44. The third-order valence-corrected chi connectivity index (χ3v) is 4.88. The van der Waals surface area contributed by atoms with Crippen LogP contribution in [0, 0.1) is 0 Å². The highest BCUT2D eigenvalue weighted by atomic mass is 35.5. The molecule has 23 heavy (non-hydrogen) atoms. The molecule has 0 aliphatic rings. The molecule has 0 atom stereocenters. The molecule has 1 rings (SSSR count). The van der Waals surface area contributed by atoms with E-state index in [-0.39, 0.29) is 25.8 Å². The minimum atomic E-state index is -1.08. The predicted octanol–water partition coefficient (Wildman–Crippen LogP) is 4.27. The van der Waals surface area contributed by atoms with Crippen LogP contribution in [0.15, 0.2) is 24.3 Å². The highest BCUT2D eigenvalue weighted by Gasteiger charge is 2.12. The van der Waals surface area contributed by atoms with Crippen molar-refractivity contribution >= 4 is 37.2 Å². The maximum absolute atomic E-state index is 11.6. The van der Waals surface area contributed by atoms with Crippen LogP contribution >= 0.6 is 23.2 Å². The average molecular weight is 379 g/mol. The molecule has 0 saturated carbocycles. The van der Waals surface area contributed by atoms with Crippen LogP contribution in [0.4, 0.5) is 0 Å². The molecular formula is C16H24Cl2O4Si. The number of carbonyl (C=O) groups excluding carboxylic acids is 1. The van der Waals surface area contributed by atoms with Crippen molar-refractivity contribution in [1.29, 1.82) is 0 Å². The minimum Gasteiger partial charge on any atom is -0.468 e. The molecule has 0 heterocycles. The Morgan fingerprint density at radius 3 is 2.65 bits per heavy atom. The maximum Gasteiger partial charge on any atom is 0.310 e. The molecule has 1 aromatic carbocycles. The van der Waals surface area contributed by atoms with E-state index in [0.717, 1.165) is 11.6 Å². The first-order valence-electron chi connectivity index (χ1n) is 7.49. The van der Waals surface area contributed by atoms with E-state index in [0.29, 0.717) is 12.4 Å². The van der Waals surface area contributed by atoms with Gasteiger partial charge in [0.2, 0.25) is 0 Å². The van der Waals surface area contributed by atoms with Crippen molar-refractivity contribution in [3.05, 3.63) is 29.8 Å². The summed E-state index contributed by atoms with van der Waals surface area (Å²) in [6, 6.07) is 8.38. The molecule has 0 spiro atoms. The zero-order chi connectivity index (χ0) is 17.3. The number of rotatable bonds is 10. The van der Waals surface area contributed by atoms with Crippen molar-refractivity contribution in [1.82, 2.24) is 0 Å². The first-order valence-corrected chi connectivity index (χ1v) is 12.1. The third-order valence-electron chi connectivity index (χ3n) is 2.92. The Morgan fingerprint density at radius 1 is 1.26 bits per heavy atom.